The number of para-hydroxylation sites is 1. The van der Waals surface area contributed by atoms with Crippen LogP contribution in [0.1, 0.15) is 10.4 Å². The van der Waals surface area contributed by atoms with E-state index in [1.165, 1.54) is 37.3 Å². The Morgan fingerprint density at radius 2 is 1.68 bits per heavy atom. The molecule has 28 heavy (non-hydrogen) atoms. The number of nitrogens with zero attached hydrogens (tertiary/aromatic N) is 3. The number of carbonyl (C=O) groups excluding carboxylic acids is 1. The molecule has 8 nitrogen and oxygen atoms in total. The first-order chi connectivity index (χ1) is 13.5. The van der Waals surface area contributed by atoms with Gasteiger partial charge in [-0.3, -0.25) is 14.9 Å². The summed E-state index contributed by atoms with van der Waals surface area (Å²) in [5, 5.41) is 11.4. The van der Waals surface area contributed by atoms with Crippen LogP contribution in [0.25, 0.3) is 0 Å². The summed E-state index contributed by atoms with van der Waals surface area (Å²) in [7, 11) is 2.76. The lowest BCUT2D eigenvalue weighted by atomic mass is 10.1. The minimum Gasteiger partial charge on any atom is -0.493 e. The molecule has 0 unspecified atom stereocenters. The van der Waals surface area contributed by atoms with Crippen LogP contribution in [0.15, 0.2) is 36.4 Å². The van der Waals surface area contributed by atoms with Gasteiger partial charge in [0.15, 0.2) is 11.5 Å². The molecule has 0 aliphatic carbocycles. The molecule has 0 aromatic heterocycles. The monoisotopic (exact) mass is 389 g/mol. The number of amides is 1. The molecule has 0 bridgehead atoms. The summed E-state index contributed by atoms with van der Waals surface area (Å²) in [4.78, 5) is 27.1. The molecule has 0 spiro atoms. The van der Waals surface area contributed by atoms with Gasteiger partial charge in [-0.15, -0.1) is 0 Å². The second-order valence-corrected chi connectivity index (χ2v) is 6.21. The van der Waals surface area contributed by atoms with Crippen LogP contribution < -0.4 is 14.4 Å². The van der Waals surface area contributed by atoms with Gasteiger partial charge in [-0.05, 0) is 12.1 Å². The molecule has 0 radical (unpaired) electrons. The maximum Gasteiger partial charge on any atom is 0.286 e. The Hall–Kier alpha value is -3.36. The van der Waals surface area contributed by atoms with E-state index < -0.39 is 10.8 Å². The highest BCUT2D eigenvalue weighted by Gasteiger charge is 2.30. The molecule has 1 saturated heterocycles. The number of carbonyl (C=O) groups is 1. The smallest absolute Gasteiger partial charge is 0.286 e. The van der Waals surface area contributed by atoms with Gasteiger partial charge in [0.1, 0.15) is 11.4 Å². The van der Waals surface area contributed by atoms with Gasteiger partial charge in [-0.1, -0.05) is 12.1 Å². The number of hydrogen-bond donors (Lipinski definition) is 0. The first-order valence-electron chi connectivity index (χ1n) is 8.65. The van der Waals surface area contributed by atoms with Crippen LogP contribution in [-0.2, 0) is 0 Å². The Morgan fingerprint density at radius 1 is 1.07 bits per heavy atom. The summed E-state index contributed by atoms with van der Waals surface area (Å²) in [6.07, 6.45) is 0. The summed E-state index contributed by atoms with van der Waals surface area (Å²) in [5.41, 5.74) is 0.0628. The van der Waals surface area contributed by atoms with Gasteiger partial charge < -0.3 is 19.3 Å². The molecule has 3 rings (SSSR count). The lowest BCUT2D eigenvalue weighted by Crippen LogP contribution is -2.49. The zero-order valence-electron chi connectivity index (χ0n) is 15.6. The van der Waals surface area contributed by atoms with Crippen molar-refractivity contribution in [1.82, 2.24) is 4.90 Å². The summed E-state index contributed by atoms with van der Waals surface area (Å²) in [6, 6.07) is 8.95. The predicted octanol–water partition coefficient (Wildman–Crippen LogP) is 2.71. The molecule has 148 valence electrons. The van der Waals surface area contributed by atoms with Crippen molar-refractivity contribution in [1.29, 1.82) is 0 Å². The van der Waals surface area contributed by atoms with Crippen molar-refractivity contribution in [3.05, 3.63) is 57.9 Å². The zero-order chi connectivity index (χ0) is 20.3. The lowest BCUT2D eigenvalue weighted by molar-refractivity contribution is -0.385. The number of methoxy groups -OCH3 is 2. The molecule has 1 aliphatic rings. The van der Waals surface area contributed by atoms with Gasteiger partial charge in [0.25, 0.3) is 11.6 Å². The van der Waals surface area contributed by atoms with Crippen LogP contribution >= 0.6 is 0 Å². The number of anilines is 1. The van der Waals surface area contributed by atoms with Gasteiger partial charge in [-0.2, -0.15) is 0 Å². The van der Waals surface area contributed by atoms with E-state index in [1.807, 2.05) is 4.90 Å². The first-order valence-corrected chi connectivity index (χ1v) is 8.65. The van der Waals surface area contributed by atoms with E-state index in [4.69, 9.17) is 9.47 Å². The Labute approximate surface area is 161 Å². The third-order valence-corrected chi connectivity index (χ3v) is 4.69. The summed E-state index contributed by atoms with van der Waals surface area (Å²) < 4.78 is 24.2. The van der Waals surface area contributed by atoms with Crippen molar-refractivity contribution in [3.8, 4) is 11.5 Å². The minimum atomic E-state index is -0.620. The Balaban J connectivity index is 1.82. The average molecular weight is 389 g/mol. The molecule has 1 amide bonds. The van der Waals surface area contributed by atoms with Gasteiger partial charge in [-0.25, -0.2) is 4.39 Å². The largest absolute Gasteiger partial charge is 0.493 e. The highest BCUT2D eigenvalue weighted by molar-refractivity contribution is 5.99. The summed E-state index contributed by atoms with van der Waals surface area (Å²) >= 11 is 0. The van der Waals surface area contributed by atoms with E-state index in [2.05, 4.69) is 0 Å². The van der Waals surface area contributed by atoms with Crippen LogP contribution in [0, 0.1) is 15.9 Å². The quantitative estimate of drug-likeness (QED) is 0.577. The van der Waals surface area contributed by atoms with Gasteiger partial charge in [0.05, 0.1) is 30.9 Å². The van der Waals surface area contributed by atoms with Crippen molar-refractivity contribution < 1.29 is 23.6 Å². The number of piperazine rings is 1. The number of rotatable bonds is 5. The van der Waals surface area contributed by atoms with Crippen molar-refractivity contribution in [2.24, 2.45) is 0 Å². The number of nitro groups is 1. The highest BCUT2D eigenvalue weighted by atomic mass is 19.1. The van der Waals surface area contributed by atoms with Gasteiger partial charge in [0, 0.05) is 32.2 Å². The second-order valence-electron chi connectivity index (χ2n) is 6.21. The average Bonchev–Trinajstić information content (AvgIpc) is 2.72. The van der Waals surface area contributed by atoms with E-state index in [0.717, 1.165) is 0 Å². The molecule has 2 aromatic carbocycles. The molecule has 2 aromatic rings. The van der Waals surface area contributed by atoms with Crippen LogP contribution in [-0.4, -0.2) is 56.1 Å². The predicted molar refractivity (Wildman–Crippen MR) is 101 cm³/mol. The summed E-state index contributed by atoms with van der Waals surface area (Å²) in [5.74, 6) is -0.379. The fraction of sp³-hybridized carbons (Fsp3) is 0.316. The van der Waals surface area contributed by atoms with E-state index >= 15 is 0 Å². The van der Waals surface area contributed by atoms with E-state index in [-0.39, 0.29) is 28.6 Å². The Kier molecular flexibility index (Phi) is 5.62. The van der Waals surface area contributed by atoms with E-state index in [1.54, 1.807) is 18.2 Å². The van der Waals surface area contributed by atoms with Crippen LogP contribution in [0.2, 0.25) is 0 Å². The number of ether oxygens (including phenoxy) is 2. The van der Waals surface area contributed by atoms with E-state index in [9.17, 15) is 19.3 Å². The third kappa shape index (κ3) is 3.68. The normalized spacial score (nSPS) is 14.0. The molecule has 1 heterocycles. The molecule has 1 aliphatic heterocycles. The van der Waals surface area contributed by atoms with Crippen molar-refractivity contribution in [2.75, 3.05) is 45.3 Å². The van der Waals surface area contributed by atoms with Crippen LogP contribution in [0.3, 0.4) is 0 Å². The Bertz CT molecular complexity index is 897. The molecule has 0 N–H and O–H groups in total. The van der Waals surface area contributed by atoms with Crippen molar-refractivity contribution in [2.45, 2.75) is 0 Å². The van der Waals surface area contributed by atoms with Crippen LogP contribution in [0.5, 0.6) is 11.5 Å². The van der Waals surface area contributed by atoms with E-state index in [0.29, 0.717) is 31.9 Å². The maximum atomic E-state index is 14.0. The topological polar surface area (TPSA) is 85.2 Å². The molecule has 0 atom stereocenters. The van der Waals surface area contributed by atoms with Crippen molar-refractivity contribution >= 4 is 17.3 Å². The number of hydrogen-bond acceptors (Lipinski definition) is 6. The third-order valence-electron chi connectivity index (χ3n) is 4.69. The standard InChI is InChI=1S/C19H20FN3O5/c1-27-17-11-13(16(23(25)26)12-18(17)28-2)19(24)22-9-7-21(8-10-22)15-6-4-3-5-14(15)20/h3-6,11-12H,7-10H2,1-2H3. The maximum absolute atomic E-state index is 14.0. The molecule has 1 fully saturated rings. The molecule has 9 heteroatoms. The number of benzene rings is 2. The first kappa shape index (κ1) is 19.4. The lowest BCUT2D eigenvalue weighted by Gasteiger charge is -2.36. The number of halogens is 1. The van der Waals surface area contributed by atoms with Crippen LogP contribution in [0.4, 0.5) is 15.8 Å². The molecular formula is C19H20FN3O5. The second kappa shape index (κ2) is 8.12. The zero-order valence-corrected chi connectivity index (χ0v) is 15.6. The fourth-order valence-corrected chi connectivity index (χ4v) is 3.22. The molecule has 0 saturated carbocycles. The van der Waals surface area contributed by atoms with Gasteiger partial charge in [0.2, 0.25) is 0 Å². The Morgan fingerprint density at radius 3 is 2.25 bits per heavy atom. The minimum absolute atomic E-state index is 0.0676. The fourth-order valence-electron chi connectivity index (χ4n) is 3.22. The summed E-state index contributed by atoms with van der Waals surface area (Å²) in [6.45, 7) is 1.48. The highest BCUT2D eigenvalue weighted by Crippen LogP contribution is 2.35. The number of nitro benzene ring substituents is 1. The van der Waals surface area contributed by atoms with Crippen molar-refractivity contribution in [3.63, 3.8) is 0 Å². The molecular weight excluding hydrogens is 369 g/mol. The SMILES string of the molecule is COc1cc(C(=O)N2CCN(c3ccccc3F)CC2)c([N+](=O)[O-])cc1OC. The van der Waals surface area contributed by atoms with Gasteiger partial charge >= 0.3 is 0 Å².